The van der Waals surface area contributed by atoms with Crippen LogP contribution in [-0.4, -0.2) is 14.1 Å². The molecule has 1 N–H and O–H groups in total. The monoisotopic (exact) mass is 344 g/mol. The molecule has 0 amide bonds. The summed E-state index contributed by atoms with van der Waals surface area (Å²) in [5, 5.41) is 4.17. The first-order valence-corrected chi connectivity index (χ1v) is 7.92. The fourth-order valence-electron chi connectivity index (χ4n) is 2.68. The molecule has 1 aromatic carbocycles. The molecule has 7 heteroatoms. The molecule has 0 bridgehead atoms. The highest BCUT2D eigenvalue weighted by atomic mass is 35.5. The molecule has 0 aliphatic rings. The summed E-state index contributed by atoms with van der Waals surface area (Å²) in [6, 6.07) is 7.30. The van der Waals surface area contributed by atoms with Gasteiger partial charge in [0.1, 0.15) is 5.39 Å². The summed E-state index contributed by atoms with van der Waals surface area (Å²) in [6.45, 7) is 1.98. The average molecular weight is 345 g/mol. The molecule has 0 atom stereocenters. The topological polar surface area (TPSA) is 68.9 Å². The van der Waals surface area contributed by atoms with Crippen molar-refractivity contribution in [2.75, 3.05) is 5.32 Å². The summed E-state index contributed by atoms with van der Waals surface area (Å²) < 4.78 is 2.45. The second kappa shape index (κ2) is 6.13. The number of pyridine rings is 1. The maximum Gasteiger partial charge on any atom is 0.332 e. The van der Waals surface area contributed by atoms with Crippen molar-refractivity contribution in [1.82, 2.24) is 14.1 Å². The number of halogens is 1. The van der Waals surface area contributed by atoms with E-state index < -0.39 is 5.69 Å². The molecular formula is C17H17ClN4O2. The summed E-state index contributed by atoms with van der Waals surface area (Å²) in [7, 11) is 3.06. The van der Waals surface area contributed by atoms with Crippen LogP contribution in [0.15, 0.2) is 40.1 Å². The molecule has 0 aliphatic heterocycles. The molecule has 124 valence electrons. The zero-order chi connectivity index (χ0) is 17.4. The molecule has 0 spiro atoms. The van der Waals surface area contributed by atoms with Crippen LogP contribution in [0.3, 0.4) is 0 Å². The highest BCUT2D eigenvalue weighted by molar-refractivity contribution is 6.33. The molecule has 3 aromatic rings. The van der Waals surface area contributed by atoms with Gasteiger partial charge in [-0.05, 0) is 24.1 Å². The van der Waals surface area contributed by atoms with Gasteiger partial charge in [-0.3, -0.25) is 13.9 Å². The lowest BCUT2D eigenvalue weighted by molar-refractivity contribution is 0.707. The maximum atomic E-state index is 12.7. The first-order chi connectivity index (χ1) is 11.5. The number of fused-ring (bicyclic) bond motifs is 1. The largest absolute Gasteiger partial charge is 0.353 e. The number of aryl methyl sites for hydroxylation is 2. The normalized spacial score (nSPS) is 11.0. The molecule has 0 saturated carbocycles. The SMILES string of the molecule is CCc1cnc2c(c1Nc1ccccc1Cl)c(=O)n(C)c(=O)n2C. The van der Waals surface area contributed by atoms with Crippen molar-refractivity contribution in [2.24, 2.45) is 14.1 Å². The number of aromatic nitrogens is 3. The van der Waals surface area contributed by atoms with Gasteiger partial charge in [-0.15, -0.1) is 0 Å². The van der Waals surface area contributed by atoms with Crippen LogP contribution in [0.25, 0.3) is 11.0 Å². The van der Waals surface area contributed by atoms with E-state index in [2.05, 4.69) is 10.3 Å². The van der Waals surface area contributed by atoms with E-state index in [1.54, 1.807) is 19.3 Å². The smallest absolute Gasteiger partial charge is 0.332 e. The fraction of sp³-hybridized carbons (Fsp3) is 0.235. The van der Waals surface area contributed by atoms with Crippen molar-refractivity contribution in [1.29, 1.82) is 0 Å². The van der Waals surface area contributed by atoms with E-state index in [1.165, 1.54) is 11.6 Å². The highest BCUT2D eigenvalue weighted by Gasteiger charge is 2.17. The number of para-hydroxylation sites is 1. The Morgan fingerprint density at radius 3 is 2.54 bits per heavy atom. The van der Waals surface area contributed by atoms with E-state index in [0.717, 1.165) is 10.1 Å². The van der Waals surface area contributed by atoms with Crippen molar-refractivity contribution in [2.45, 2.75) is 13.3 Å². The van der Waals surface area contributed by atoms with E-state index in [4.69, 9.17) is 11.6 Å². The Labute approximate surface area is 143 Å². The van der Waals surface area contributed by atoms with Gasteiger partial charge in [-0.1, -0.05) is 30.7 Å². The molecule has 0 fully saturated rings. The third kappa shape index (κ3) is 2.49. The van der Waals surface area contributed by atoms with Crippen LogP contribution in [0.2, 0.25) is 5.02 Å². The minimum atomic E-state index is -0.409. The van der Waals surface area contributed by atoms with Gasteiger partial charge >= 0.3 is 5.69 Å². The molecule has 0 saturated heterocycles. The van der Waals surface area contributed by atoms with Gasteiger partial charge < -0.3 is 5.32 Å². The molecule has 0 aliphatic carbocycles. The van der Waals surface area contributed by atoms with Crippen LogP contribution in [0.4, 0.5) is 11.4 Å². The lowest BCUT2D eigenvalue weighted by Crippen LogP contribution is -2.37. The van der Waals surface area contributed by atoms with E-state index in [1.807, 2.05) is 25.1 Å². The Bertz CT molecular complexity index is 1050. The molecule has 3 rings (SSSR count). The Kier molecular flexibility index (Phi) is 4.15. The van der Waals surface area contributed by atoms with Crippen LogP contribution in [0, 0.1) is 0 Å². The van der Waals surface area contributed by atoms with Crippen molar-refractivity contribution >= 4 is 34.0 Å². The summed E-state index contributed by atoms with van der Waals surface area (Å²) in [6.07, 6.45) is 2.36. The van der Waals surface area contributed by atoms with Crippen molar-refractivity contribution in [3.63, 3.8) is 0 Å². The van der Waals surface area contributed by atoms with Gasteiger partial charge in [0, 0.05) is 20.3 Å². The number of nitrogens with zero attached hydrogens (tertiary/aromatic N) is 3. The van der Waals surface area contributed by atoms with Crippen LogP contribution in [0.1, 0.15) is 12.5 Å². The summed E-state index contributed by atoms with van der Waals surface area (Å²) >= 11 is 6.23. The van der Waals surface area contributed by atoms with Gasteiger partial charge in [0.05, 0.1) is 16.4 Å². The quantitative estimate of drug-likeness (QED) is 0.793. The predicted molar refractivity (Wildman–Crippen MR) is 96.3 cm³/mol. The van der Waals surface area contributed by atoms with Gasteiger partial charge in [-0.25, -0.2) is 9.78 Å². The van der Waals surface area contributed by atoms with E-state index >= 15 is 0 Å². The second-order valence-corrected chi connectivity index (χ2v) is 5.93. The van der Waals surface area contributed by atoms with E-state index in [-0.39, 0.29) is 5.56 Å². The Balaban J connectivity index is 2.39. The van der Waals surface area contributed by atoms with Crippen molar-refractivity contribution < 1.29 is 0 Å². The van der Waals surface area contributed by atoms with Crippen LogP contribution >= 0.6 is 11.6 Å². The molecule has 24 heavy (non-hydrogen) atoms. The summed E-state index contributed by atoms with van der Waals surface area (Å²) in [5.74, 6) is 0. The lowest BCUT2D eigenvalue weighted by atomic mass is 10.1. The number of benzene rings is 1. The number of rotatable bonds is 3. The molecule has 2 aromatic heterocycles. The van der Waals surface area contributed by atoms with Gasteiger partial charge in [0.25, 0.3) is 5.56 Å². The van der Waals surface area contributed by atoms with Crippen LogP contribution < -0.4 is 16.6 Å². The van der Waals surface area contributed by atoms with Gasteiger partial charge in [0.15, 0.2) is 5.65 Å². The van der Waals surface area contributed by atoms with Crippen molar-refractivity contribution in [3.8, 4) is 0 Å². The zero-order valence-corrected chi connectivity index (χ0v) is 14.4. The van der Waals surface area contributed by atoms with Crippen molar-refractivity contribution in [3.05, 3.63) is 61.9 Å². The molecular weight excluding hydrogens is 328 g/mol. The Morgan fingerprint density at radius 2 is 1.88 bits per heavy atom. The van der Waals surface area contributed by atoms with Gasteiger partial charge in [0.2, 0.25) is 0 Å². The minimum Gasteiger partial charge on any atom is -0.353 e. The minimum absolute atomic E-state index is 0.342. The number of hydrogen-bond acceptors (Lipinski definition) is 4. The Hall–Kier alpha value is -2.60. The predicted octanol–water partition coefficient (Wildman–Crippen LogP) is 2.59. The van der Waals surface area contributed by atoms with E-state index in [0.29, 0.717) is 33.9 Å². The third-order valence-corrected chi connectivity index (χ3v) is 4.39. The number of hydrogen-bond donors (Lipinski definition) is 1. The van der Waals surface area contributed by atoms with E-state index in [9.17, 15) is 9.59 Å². The average Bonchev–Trinajstić information content (AvgIpc) is 2.59. The number of anilines is 2. The lowest BCUT2D eigenvalue weighted by Gasteiger charge is -2.16. The third-order valence-electron chi connectivity index (χ3n) is 4.06. The standard InChI is InChI=1S/C17H17ClN4O2/c1-4-10-9-19-15-13(16(23)22(3)17(24)21(15)2)14(10)20-12-8-6-5-7-11(12)18/h5-9H,4H2,1-3H3,(H,19,20). The number of nitrogens with one attached hydrogen (secondary N) is 1. The molecule has 0 radical (unpaired) electrons. The molecule has 0 unspecified atom stereocenters. The second-order valence-electron chi connectivity index (χ2n) is 5.52. The summed E-state index contributed by atoms with van der Waals surface area (Å²) in [4.78, 5) is 29.1. The zero-order valence-electron chi connectivity index (χ0n) is 13.6. The fourth-order valence-corrected chi connectivity index (χ4v) is 2.86. The maximum absolute atomic E-state index is 12.7. The van der Waals surface area contributed by atoms with Gasteiger partial charge in [-0.2, -0.15) is 0 Å². The van der Waals surface area contributed by atoms with Crippen LogP contribution in [0.5, 0.6) is 0 Å². The molecule has 2 heterocycles. The molecule has 6 nitrogen and oxygen atoms in total. The summed E-state index contributed by atoms with van der Waals surface area (Å²) in [5.41, 5.74) is 1.75. The first-order valence-electron chi connectivity index (χ1n) is 7.54. The first kappa shape index (κ1) is 16.3. The highest BCUT2D eigenvalue weighted by Crippen LogP contribution is 2.30. The van der Waals surface area contributed by atoms with Crippen LogP contribution in [-0.2, 0) is 20.5 Å². The Morgan fingerprint density at radius 1 is 1.17 bits per heavy atom.